The minimum atomic E-state index is -0.287. The Bertz CT molecular complexity index is 243. The molecule has 1 aromatic heterocycles. The van der Waals surface area contributed by atoms with Gasteiger partial charge in [-0.25, -0.2) is 4.98 Å². The largest absolute Gasteiger partial charge is 0.228 e. The van der Waals surface area contributed by atoms with Crippen LogP contribution in [0.2, 0.25) is 0 Å². The first-order valence-electron chi connectivity index (χ1n) is 3.48. The maximum absolute atomic E-state index is 12.8. The van der Waals surface area contributed by atoms with Gasteiger partial charge in [-0.05, 0) is 24.8 Å². The fraction of sp³-hybridized carbons (Fsp3) is 0.375. The average Bonchev–Trinajstić information content (AvgIpc) is 2.71. The maximum atomic E-state index is 12.8. The minimum absolute atomic E-state index is 0.287. The molecule has 0 radical (unpaired) electrons. The number of pyridine rings is 1. The zero-order valence-corrected chi connectivity index (χ0v) is 5.55. The van der Waals surface area contributed by atoms with Gasteiger partial charge >= 0.3 is 0 Å². The lowest BCUT2D eigenvalue weighted by Crippen LogP contribution is -1.88. The highest BCUT2D eigenvalue weighted by Crippen LogP contribution is 2.40. The quantitative estimate of drug-likeness (QED) is 0.540. The Morgan fingerprint density at radius 2 is 2.30 bits per heavy atom. The summed E-state index contributed by atoms with van der Waals surface area (Å²) in [5.41, 5.74) is 0.794. The molecule has 0 atom stereocenters. The molecule has 0 unspecified atom stereocenters. The van der Waals surface area contributed by atoms with E-state index in [4.69, 9.17) is 0 Å². The highest BCUT2D eigenvalue weighted by Gasteiger charge is 2.26. The van der Waals surface area contributed by atoms with Crippen LogP contribution in [0, 0.1) is 5.95 Å². The monoisotopic (exact) mass is 137 g/mol. The Morgan fingerprint density at radius 3 is 2.90 bits per heavy atom. The second-order valence-electron chi connectivity index (χ2n) is 2.66. The molecule has 1 aliphatic rings. The molecule has 2 heteroatoms. The molecular formula is C8H8FN. The zero-order chi connectivity index (χ0) is 6.97. The van der Waals surface area contributed by atoms with E-state index in [1.807, 2.05) is 6.07 Å². The van der Waals surface area contributed by atoms with E-state index in [1.54, 1.807) is 6.07 Å². The van der Waals surface area contributed by atoms with Gasteiger partial charge in [-0.15, -0.1) is 0 Å². The summed E-state index contributed by atoms with van der Waals surface area (Å²) in [7, 11) is 0. The first kappa shape index (κ1) is 5.83. The normalized spacial score (nSPS) is 17.3. The summed E-state index contributed by atoms with van der Waals surface area (Å²) < 4.78 is 12.8. The molecule has 1 saturated carbocycles. The van der Waals surface area contributed by atoms with Crippen LogP contribution in [-0.4, -0.2) is 4.98 Å². The van der Waals surface area contributed by atoms with Gasteiger partial charge in [-0.3, -0.25) is 0 Å². The second-order valence-corrected chi connectivity index (χ2v) is 2.66. The minimum Gasteiger partial charge on any atom is -0.228 e. The van der Waals surface area contributed by atoms with E-state index in [9.17, 15) is 4.39 Å². The van der Waals surface area contributed by atoms with E-state index < -0.39 is 0 Å². The van der Waals surface area contributed by atoms with E-state index in [0.29, 0.717) is 5.92 Å². The fourth-order valence-electron chi connectivity index (χ4n) is 1.10. The lowest BCUT2D eigenvalue weighted by atomic mass is 10.2. The summed E-state index contributed by atoms with van der Waals surface area (Å²) in [6, 6.07) is 3.61. The van der Waals surface area contributed by atoms with Crippen molar-refractivity contribution < 1.29 is 4.39 Å². The van der Waals surface area contributed by atoms with E-state index in [2.05, 4.69) is 4.98 Å². The van der Waals surface area contributed by atoms with Gasteiger partial charge in [-0.1, -0.05) is 6.07 Å². The second kappa shape index (κ2) is 2.04. The highest BCUT2D eigenvalue weighted by molar-refractivity contribution is 5.20. The van der Waals surface area contributed by atoms with Gasteiger partial charge in [0.05, 0.1) is 0 Å². The lowest BCUT2D eigenvalue weighted by Gasteiger charge is -1.95. The Labute approximate surface area is 58.9 Å². The molecule has 0 amide bonds. The maximum Gasteiger partial charge on any atom is 0.216 e. The third-order valence-electron chi connectivity index (χ3n) is 1.81. The molecule has 0 aromatic carbocycles. The van der Waals surface area contributed by atoms with Gasteiger partial charge in [0.25, 0.3) is 0 Å². The third kappa shape index (κ3) is 0.897. The molecule has 0 N–H and O–H groups in total. The van der Waals surface area contributed by atoms with Crippen LogP contribution in [0.15, 0.2) is 18.3 Å². The number of nitrogens with zero attached hydrogens (tertiary/aromatic N) is 1. The molecule has 0 saturated heterocycles. The molecule has 1 nitrogen and oxygen atoms in total. The molecular weight excluding hydrogens is 129 g/mol. The van der Waals surface area contributed by atoms with Crippen LogP contribution < -0.4 is 0 Å². The van der Waals surface area contributed by atoms with E-state index in [-0.39, 0.29) is 5.95 Å². The van der Waals surface area contributed by atoms with Gasteiger partial charge in [0, 0.05) is 11.8 Å². The number of aromatic nitrogens is 1. The number of hydrogen-bond acceptors (Lipinski definition) is 1. The van der Waals surface area contributed by atoms with Gasteiger partial charge in [-0.2, -0.15) is 4.39 Å². The molecule has 0 aliphatic heterocycles. The third-order valence-corrected chi connectivity index (χ3v) is 1.81. The molecule has 1 aromatic rings. The summed E-state index contributed by atoms with van der Waals surface area (Å²) in [5, 5.41) is 0. The standard InChI is InChI=1S/C8H8FN/c9-8-7(6-3-4-6)2-1-5-10-8/h1-2,5-6H,3-4H2. The van der Waals surface area contributed by atoms with Crippen molar-refractivity contribution in [2.75, 3.05) is 0 Å². The fourth-order valence-corrected chi connectivity index (χ4v) is 1.10. The Kier molecular flexibility index (Phi) is 1.19. The van der Waals surface area contributed by atoms with Crippen molar-refractivity contribution in [3.63, 3.8) is 0 Å². The first-order chi connectivity index (χ1) is 4.88. The van der Waals surface area contributed by atoms with Crippen molar-refractivity contribution in [1.29, 1.82) is 0 Å². The summed E-state index contributed by atoms with van der Waals surface area (Å²) >= 11 is 0. The van der Waals surface area contributed by atoms with E-state index in [0.717, 1.165) is 18.4 Å². The zero-order valence-electron chi connectivity index (χ0n) is 5.55. The van der Waals surface area contributed by atoms with E-state index >= 15 is 0 Å². The Hall–Kier alpha value is -0.920. The van der Waals surface area contributed by atoms with Crippen LogP contribution in [0.25, 0.3) is 0 Å². The van der Waals surface area contributed by atoms with Crippen LogP contribution in [0.4, 0.5) is 4.39 Å². The van der Waals surface area contributed by atoms with Crippen LogP contribution in [0.1, 0.15) is 24.3 Å². The van der Waals surface area contributed by atoms with Crippen LogP contribution >= 0.6 is 0 Å². The Balaban J connectivity index is 2.39. The smallest absolute Gasteiger partial charge is 0.216 e. The van der Waals surface area contributed by atoms with Gasteiger partial charge in [0.15, 0.2) is 0 Å². The van der Waals surface area contributed by atoms with Crippen LogP contribution in [-0.2, 0) is 0 Å². The summed E-state index contributed by atoms with van der Waals surface area (Å²) in [5.74, 6) is 0.179. The van der Waals surface area contributed by atoms with Gasteiger partial charge < -0.3 is 0 Å². The predicted octanol–water partition coefficient (Wildman–Crippen LogP) is 2.10. The first-order valence-corrected chi connectivity index (χ1v) is 3.48. The van der Waals surface area contributed by atoms with Gasteiger partial charge in [0.2, 0.25) is 5.95 Å². The lowest BCUT2D eigenvalue weighted by molar-refractivity contribution is 0.567. The average molecular weight is 137 g/mol. The number of halogens is 1. The molecule has 10 heavy (non-hydrogen) atoms. The van der Waals surface area contributed by atoms with Crippen molar-refractivity contribution in [3.8, 4) is 0 Å². The topological polar surface area (TPSA) is 12.9 Å². The molecule has 0 spiro atoms. The van der Waals surface area contributed by atoms with Crippen LogP contribution in [0.3, 0.4) is 0 Å². The molecule has 0 bridgehead atoms. The molecule has 1 fully saturated rings. The predicted molar refractivity (Wildman–Crippen MR) is 36.2 cm³/mol. The van der Waals surface area contributed by atoms with Gasteiger partial charge in [0.1, 0.15) is 0 Å². The van der Waals surface area contributed by atoms with Crippen molar-refractivity contribution in [3.05, 3.63) is 29.8 Å². The summed E-state index contributed by atoms with van der Waals surface area (Å²) in [6.07, 6.45) is 3.74. The Morgan fingerprint density at radius 1 is 1.50 bits per heavy atom. The molecule has 1 heterocycles. The molecule has 2 rings (SSSR count). The molecule has 1 aliphatic carbocycles. The number of hydrogen-bond donors (Lipinski definition) is 0. The van der Waals surface area contributed by atoms with Crippen LogP contribution in [0.5, 0.6) is 0 Å². The van der Waals surface area contributed by atoms with E-state index in [1.165, 1.54) is 6.20 Å². The van der Waals surface area contributed by atoms with Crippen molar-refractivity contribution in [2.24, 2.45) is 0 Å². The molecule has 52 valence electrons. The summed E-state index contributed by atoms with van der Waals surface area (Å²) in [4.78, 5) is 3.57. The van der Waals surface area contributed by atoms with Crippen molar-refractivity contribution >= 4 is 0 Å². The van der Waals surface area contributed by atoms with Crippen molar-refractivity contribution in [2.45, 2.75) is 18.8 Å². The summed E-state index contributed by atoms with van der Waals surface area (Å²) in [6.45, 7) is 0. The van der Waals surface area contributed by atoms with Crippen molar-refractivity contribution in [1.82, 2.24) is 4.98 Å². The number of rotatable bonds is 1. The SMILES string of the molecule is Fc1ncccc1C1CC1. The highest BCUT2D eigenvalue weighted by atomic mass is 19.1.